The standard InChI is InChI=1S/C9H17NO6S2/c1-9(8(11)12,7-3-4-7)10-18(15,16)6-5-17(2,13)14/h7,10H,3-6H2,1-2H3,(H,11,12). The number of rotatable bonds is 7. The van der Waals surface area contributed by atoms with Crippen molar-refractivity contribution in [1.29, 1.82) is 0 Å². The van der Waals surface area contributed by atoms with E-state index in [-0.39, 0.29) is 5.92 Å². The summed E-state index contributed by atoms with van der Waals surface area (Å²) < 4.78 is 47.3. The third-order valence-electron chi connectivity index (χ3n) is 2.93. The number of carbonyl (C=O) groups is 1. The molecule has 0 aromatic carbocycles. The Morgan fingerprint density at radius 2 is 1.78 bits per heavy atom. The van der Waals surface area contributed by atoms with E-state index in [2.05, 4.69) is 4.72 Å². The van der Waals surface area contributed by atoms with E-state index in [0.717, 1.165) is 6.26 Å². The third-order valence-corrected chi connectivity index (χ3v) is 5.61. The van der Waals surface area contributed by atoms with E-state index in [4.69, 9.17) is 5.11 Å². The Labute approximate surface area is 107 Å². The maximum absolute atomic E-state index is 11.7. The number of sulfonamides is 1. The van der Waals surface area contributed by atoms with Crippen LogP contribution in [0.2, 0.25) is 0 Å². The highest BCUT2D eigenvalue weighted by molar-refractivity contribution is 7.93. The summed E-state index contributed by atoms with van der Waals surface area (Å²) in [5.74, 6) is -2.62. The van der Waals surface area contributed by atoms with E-state index >= 15 is 0 Å². The van der Waals surface area contributed by atoms with Gasteiger partial charge in [0, 0.05) is 6.26 Å². The molecule has 0 aliphatic heterocycles. The van der Waals surface area contributed by atoms with Crippen molar-refractivity contribution < 1.29 is 26.7 Å². The molecule has 0 heterocycles. The fraction of sp³-hybridized carbons (Fsp3) is 0.889. The molecule has 18 heavy (non-hydrogen) atoms. The molecule has 1 rings (SSSR count). The van der Waals surface area contributed by atoms with Crippen molar-refractivity contribution in [2.75, 3.05) is 17.8 Å². The average molecular weight is 299 g/mol. The molecular formula is C9H17NO6S2. The molecule has 1 aliphatic carbocycles. The molecular weight excluding hydrogens is 282 g/mol. The third kappa shape index (κ3) is 4.21. The highest BCUT2D eigenvalue weighted by atomic mass is 32.2. The van der Waals surface area contributed by atoms with E-state index in [1.807, 2.05) is 0 Å². The van der Waals surface area contributed by atoms with Gasteiger partial charge in [0.2, 0.25) is 10.0 Å². The van der Waals surface area contributed by atoms with Gasteiger partial charge in [0.15, 0.2) is 0 Å². The fourth-order valence-corrected chi connectivity index (χ4v) is 4.69. The molecule has 0 spiro atoms. The van der Waals surface area contributed by atoms with Gasteiger partial charge in [0.25, 0.3) is 0 Å². The molecule has 0 saturated heterocycles. The van der Waals surface area contributed by atoms with Crippen molar-refractivity contribution in [2.24, 2.45) is 5.92 Å². The summed E-state index contributed by atoms with van der Waals surface area (Å²) in [6.45, 7) is 1.31. The maximum atomic E-state index is 11.7. The van der Waals surface area contributed by atoms with Gasteiger partial charge in [0.1, 0.15) is 15.4 Å². The summed E-state index contributed by atoms with van der Waals surface area (Å²) in [5, 5.41) is 9.09. The van der Waals surface area contributed by atoms with E-state index < -0.39 is 42.9 Å². The van der Waals surface area contributed by atoms with Crippen molar-refractivity contribution in [1.82, 2.24) is 4.72 Å². The van der Waals surface area contributed by atoms with Gasteiger partial charge in [-0.3, -0.25) is 4.79 Å². The molecule has 0 aromatic rings. The molecule has 1 aliphatic rings. The largest absolute Gasteiger partial charge is 0.480 e. The monoisotopic (exact) mass is 299 g/mol. The lowest BCUT2D eigenvalue weighted by atomic mass is 9.98. The van der Waals surface area contributed by atoms with Crippen LogP contribution in [0.5, 0.6) is 0 Å². The molecule has 0 bridgehead atoms. The molecule has 1 saturated carbocycles. The number of hydrogen-bond donors (Lipinski definition) is 2. The Morgan fingerprint density at radius 3 is 2.11 bits per heavy atom. The van der Waals surface area contributed by atoms with Crippen LogP contribution < -0.4 is 4.72 Å². The van der Waals surface area contributed by atoms with Crippen LogP contribution in [0.4, 0.5) is 0 Å². The predicted molar refractivity (Wildman–Crippen MR) is 65.4 cm³/mol. The second-order valence-corrected chi connectivity index (χ2v) is 8.93. The summed E-state index contributed by atoms with van der Waals surface area (Å²) in [7, 11) is -7.34. The first kappa shape index (κ1) is 15.4. The van der Waals surface area contributed by atoms with Crippen molar-refractivity contribution in [3.05, 3.63) is 0 Å². The lowest BCUT2D eigenvalue weighted by molar-refractivity contribution is -0.144. The van der Waals surface area contributed by atoms with Crippen LogP contribution in [-0.2, 0) is 24.7 Å². The highest BCUT2D eigenvalue weighted by Crippen LogP contribution is 2.40. The summed E-state index contributed by atoms with van der Waals surface area (Å²) >= 11 is 0. The second kappa shape index (κ2) is 4.78. The van der Waals surface area contributed by atoms with Crippen molar-refractivity contribution in [3.8, 4) is 0 Å². The van der Waals surface area contributed by atoms with E-state index in [1.54, 1.807) is 0 Å². The van der Waals surface area contributed by atoms with Crippen molar-refractivity contribution >= 4 is 25.8 Å². The number of hydrogen-bond acceptors (Lipinski definition) is 5. The van der Waals surface area contributed by atoms with Crippen LogP contribution in [0.15, 0.2) is 0 Å². The maximum Gasteiger partial charge on any atom is 0.324 e. The van der Waals surface area contributed by atoms with Crippen LogP contribution in [0.3, 0.4) is 0 Å². The Bertz CT molecular complexity index is 533. The topological polar surface area (TPSA) is 118 Å². The summed E-state index contributed by atoms with van der Waals surface area (Å²) in [5.41, 5.74) is -1.55. The molecule has 2 N–H and O–H groups in total. The van der Waals surface area contributed by atoms with Gasteiger partial charge < -0.3 is 5.11 Å². The summed E-state index contributed by atoms with van der Waals surface area (Å²) in [4.78, 5) is 11.1. The van der Waals surface area contributed by atoms with Crippen molar-refractivity contribution in [2.45, 2.75) is 25.3 Å². The molecule has 9 heteroatoms. The number of nitrogens with one attached hydrogen (secondary N) is 1. The quantitative estimate of drug-likeness (QED) is 0.635. The Balaban J connectivity index is 2.78. The normalized spacial score (nSPS) is 20.3. The van der Waals surface area contributed by atoms with Crippen LogP contribution in [0, 0.1) is 5.92 Å². The first-order valence-electron chi connectivity index (χ1n) is 5.39. The average Bonchev–Trinajstić information content (AvgIpc) is 2.96. The van der Waals surface area contributed by atoms with Gasteiger partial charge in [-0.25, -0.2) is 16.8 Å². The zero-order chi connectivity index (χ0) is 14.2. The number of carboxylic acid groups (broad SMARTS) is 1. The minimum atomic E-state index is -3.93. The smallest absolute Gasteiger partial charge is 0.324 e. The number of carboxylic acids is 1. The molecule has 1 fully saturated rings. The Hall–Kier alpha value is -0.670. The van der Waals surface area contributed by atoms with Gasteiger partial charge in [-0.2, -0.15) is 4.72 Å². The molecule has 7 nitrogen and oxygen atoms in total. The predicted octanol–water partition coefficient (Wildman–Crippen LogP) is -0.796. The summed E-state index contributed by atoms with van der Waals surface area (Å²) in [6.07, 6.45) is 2.23. The molecule has 106 valence electrons. The second-order valence-electron chi connectivity index (χ2n) is 4.83. The Morgan fingerprint density at radius 1 is 1.28 bits per heavy atom. The minimum Gasteiger partial charge on any atom is -0.480 e. The number of aliphatic carboxylic acids is 1. The lowest BCUT2D eigenvalue weighted by Gasteiger charge is -2.25. The van der Waals surface area contributed by atoms with Gasteiger partial charge in [0.05, 0.1) is 11.5 Å². The SMILES string of the molecule is CC(NS(=O)(=O)CCS(C)(=O)=O)(C(=O)O)C1CC1. The Kier molecular flexibility index (Phi) is 4.09. The lowest BCUT2D eigenvalue weighted by Crippen LogP contribution is -2.54. The van der Waals surface area contributed by atoms with Crippen LogP contribution in [-0.4, -0.2) is 51.2 Å². The van der Waals surface area contributed by atoms with Crippen LogP contribution in [0.25, 0.3) is 0 Å². The van der Waals surface area contributed by atoms with Crippen molar-refractivity contribution in [3.63, 3.8) is 0 Å². The molecule has 1 atom stereocenters. The van der Waals surface area contributed by atoms with Gasteiger partial charge >= 0.3 is 5.97 Å². The highest BCUT2D eigenvalue weighted by Gasteiger charge is 2.49. The van der Waals surface area contributed by atoms with Gasteiger partial charge in [-0.15, -0.1) is 0 Å². The van der Waals surface area contributed by atoms with Crippen LogP contribution >= 0.6 is 0 Å². The minimum absolute atomic E-state index is 0.233. The van der Waals surface area contributed by atoms with E-state index in [1.165, 1.54) is 6.92 Å². The molecule has 1 unspecified atom stereocenters. The van der Waals surface area contributed by atoms with Gasteiger partial charge in [-0.05, 0) is 25.7 Å². The van der Waals surface area contributed by atoms with Gasteiger partial charge in [-0.1, -0.05) is 0 Å². The summed E-state index contributed by atoms with van der Waals surface area (Å²) in [6, 6.07) is 0. The molecule has 0 radical (unpaired) electrons. The first-order chi connectivity index (χ1) is 7.96. The van der Waals surface area contributed by atoms with E-state index in [9.17, 15) is 21.6 Å². The molecule has 0 aromatic heterocycles. The zero-order valence-electron chi connectivity index (χ0n) is 10.2. The zero-order valence-corrected chi connectivity index (χ0v) is 11.8. The number of sulfone groups is 1. The van der Waals surface area contributed by atoms with Crippen LogP contribution in [0.1, 0.15) is 19.8 Å². The molecule has 0 amide bonds. The fourth-order valence-electron chi connectivity index (χ4n) is 1.60. The first-order valence-corrected chi connectivity index (χ1v) is 9.10. The van der Waals surface area contributed by atoms with E-state index in [0.29, 0.717) is 12.8 Å².